The molecule has 0 radical (unpaired) electrons. The summed E-state index contributed by atoms with van der Waals surface area (Å²) in [6, 6.07) is 0.102. The van der Waals surface area contributed by atoms with Crippen LogP contribution in [0.25, 0.3) is 0 Å². The van der Waals surface area contributed by atoms with E-state index in [1.807, 2.05) is 6.92 Å². The highest BCUT2D eigenvalue weighted by Gasteiger charge is 2.29. The Morgan fingerprint density at radius 1 is 1.46 bits per heavy atom. The van der Waals surface area contributed by atoms with Crippen LogP contribution in [0.15, 0.2) is 0 Å². The highest BCUT2D eigenvalue weighted by molar-refractivity contribution is 4.84. The third kappa shape index (κ3) is 3.25. The standard InChI is InChI=1S/C10H21NO2/c1-7(10(2,3)13)11-6-8-4-9(12)5-8/h7-9,11-13H,4-6H2,1-3H3. The second kappa shape index (κ2) is 3.95. The maximum absolute atomic E-state index is 9.63. The molecule has 78 valence electrons. The van der Waals surface area contributed by atoms with Gasteiger partial charge in [-0.05, 0) is 46.1 Å². The molecule has 0 aliphatic heterocycles. The summed E-state index contributed by atoms with van der Waals surface area (Å²) >= 11 is 0. The summed E-state index contributed by atoms with van der Waals surface area (Å²) in [5.74, 6) is 0.597. The third-order valence-electron chi connectivity index (χ3n) is 2.98. The lowest BCUT2D eigenvalue weighted by molar-refractivity contribution is 0.0222. The Morgan fingerprint density at radius 2 is 2.00 bits per heavy atom. The SMILES string of the molecule is CC(NCC1CC(O)C1)C(C)(C)O. The summed E-state index contributed by atoms with van der Waals surface area (Å²) in [7, 11) is 0. The van der Waals surface area contributed by atoms with Gasteiger partial charge in [-0.15, -0.1) is 0 Å². The molecule has 1 rings (SSSR count). The van der Waals surface area contributed by atoms with Crippen LogP contribution < -0.4 is 5.32 Å². The van der Waals surface area contributed by atoms with Crippen LogP contribution in [0.1, 0.15) is 33.6 Å². The minimum atomic E-state index is -0.664. The van der Waals surface area contributed by atoms with Crippen molar-refractivity contribution in [3.05, 3.63) is 0 Å². The Bertz CT molecular complexity index is 159. The van der Waals surface area contributed by atoms with Crippen molar-refractivity contribution < 1.29 is 10.2 Å². The van der Waals surface area contributed by atoms with Crippen molar-refractivity contribution >= 4 is 0 Å². The average molecular weight is 187 g/mol. The number of rotatable bonds is 4. The van der Waals surface area contributed by atoms with E-state index in [-0.39, 0.29) is 12.1 Å². The van der Waals surface area contributed by atoms with Crippen molar-refractivity contribution in [1.82, 2.24) is 5.32 Å². The van der Waals surface area contributed by atoms with Crippen molar-refractivity contribution in [2.75, 3.05) is 6.54 Å². The normalized spacial score (nSPS) is 31.2. The first-order valence-corrected chi connectivity index (χ1v) is 5.03. The van der Waals surface area contributed by atoms with Gasteiger partial charge in [0.1, 0.15) is 0 Å². The summed E-state index contributed by atoms with van der Waals surface area (Å²) in [5.41, 5.74) is -0.664. The molecule has 0 bridgehead atoms. The minimum Gasteiger partial charge on any atom is -0.393 e. The predicted molar refractivity (Wildman–Crippen MR) is 52.5 cm³/mol. The van der Waals surface area contributed by atoms with Gasteiger partial charge in [0.25, 0.3) is 0 Å². The predicted octanol–water partition coefficient (Wildman–Crippen LogP) is 0.506. The molecule has 0 aromatic carbocycles. The summed E-state index contributed by atoms with van der Waals surface area (Å²) in [5, 5.41) is 22.0. The van der Waals surface area contributed by atoms with E-state index in [1.165, 1.54) is 0 Å². The fourth-order valence-corrected chi connectivity index (χ4v) is 1.46. The zero-order chi connectivity index (χ0) is 10.1. The van der Waals surface area contributed by atoms with Crippen LogP contribution >= 0.6 is 0 Å². The van der Waals surface area contributed by atoms with Crippen LogP contribution in [0.5, 0.6) is 0 Å². The topological polar surface area (TPSA) is 52.5 Å². The minimum absolute atomic E-state index is 0.0794. The molecule has 3 heteroatoms. The first kappa shape index (κ1) is 11.0. The van der Waals surface area contributed by atoms with E-state index in [1.54, 1.807) is 13.8 Å². The van der Waals surface area contributed by atoms with Crippen LogP contribution in [0.3, 0.4) is 0 Å². The van der Waals surface area contributed by atoms with Crippen molar-refractivity contribution in [2.24, 2.45) is 5.92 Å². The molecule has 0 saturated heterocycles. The van der Waals surface area contributed by atoms with Gasteiger partial charge in [-0.25, -0.2) is 0 Å². The third-order valence-corrected chi connectivity index (χ3v) is 2.98. The van der Waals surface area contributed by atoms with Crippen molar-refractivity contribution in [3.63, 3.8) is 0 Å². The van der Waals surface area contributed by atoms with E-state index in [9.17, 15) is 5.11 Å². The van der Waals surface area contributed by atoms with Crippen LogP contribution in [0.4, 0.5) is 0 Å². The van der Waals surface area contributed by atoms with E-state index in [0.717, 1.165) is 19.4 Å². The van der Waals surface area contributed by atoms with Gasteiger partial charge in [0.15, 0.2) is 0 Å². The van der Waals surface area contributed by atoms with Crippen LogP contribution in [-0.2, 0) is 0 Å². The smallest absolute Gasteiger partial charge is 0.0741 e. The molecule has 13 heavy (non-hydrogen) atoms. The fourth-order valence-electron chi connectivity index (χ4n) is 1.46. The Balaban J connectivity index is 2.12. The van der Waals surface area contributed by atoms with Crippen LogP contribution in [0, 0.1) is 5.92 Å². The van der Waals surface area contributed by atoms with Gasteiger partial charge in [0.2, 0.25) is 0 Å². The summed E-state index contributed by atoms with van der Waals surface area (Å²) in [6.07, 6.45) is 1.74. The zero-order valence-corrected chi connectivity index (χ0v) is 8.75. The average Bonchev–Trinajstić information content (AvgIpc) is 1.93. The van der Waals surface area contributed by atoms with Crippen molar-refractivity contribution in [2.45, 2.75) is 51.4 Å². The maximum Gasteiger partial charge on any atom is 0.0741 e. The molecule has 1 fully saturated rings. The Hall–Kier alpha value is -0.120. The Morgan fingerprint density at radius 3 is 2.38 bits per heavy atom. The highest BCUT2D eigenvalue weighted by Crippen LogP contribution is 2.26. The summed E-state index contributed by atoms with van der Waals surface area (Å²) in [4.78, 5) is 0. The second-order valence-electron chi connectivity index (χ2n) is 4.77. The fraction of sp³-hybridized carbons (Fsp3) is 1.00. The van der Waals surface area contributed by atoms with Gasteiger partial charge < -0.3 is 15.5 Å². The largest absolute Gasteiger partial charge is 0.393 e. The molecule has 0 spiro atoms. The lowest BCUT2D eigenvalue weighted by Crippen LogP contribution is -2.48. The molecule has 1 atom stereocenters. The molecule has 3 nitrogen and oxygen atoms in total. The van der Waals surface area contributed by atoms with Crippen molar-refractivity contribution in [3.8, 4) is 0 Å². The zero-order valence-electron chi connectivity index (χ0n) is 8.75. The molecule has 1 aliphatic carbocycles. The number of hydrogen-bond donors (Lipinski definition) is 3. The molecular formula is C10H21NO2. The molecule has 3 N–H and O–H groups in total. The van der Waals surface area contributed by atoms with E-state index in [4.69, 9.17) is 5.11 Å². The quantitative estimate of drug-likeness (QED) is 0.601. The van der Waals surface area contributed by atoms with Gasteiger partial charge in [-0.1, -0.05) is 0 Å². The van der Waals surface area contributed by atoms with Gasteiger partial charge in [-0.3, -0.25) is 0 Å². The summed E-state index contributed by atoms with van der Waals surface area (Å²) in [6.45, 7) is 6.50. The maximum atomic E-state index is 9.63. The Kier molecular flexibility index (Phi) is 3.33. The lowest BCUT2D eigenvalue weighted by atomic mass is 9.82. The van der Waals surface area contributed by atoms with Gasteiger partial charge in [0, 0.05) is 6.04 Å². The lowest BCUT2D eigenvalue weighted by Gasteiger charge is -2.34. The molecule has 0 amide bonds. The second-order valence-corrected chi connectivity index (χ2v) is 4.77. The molecule has 1 saturated carbocycles. The van der Waals surface area contributed by atoms with Gasteiger partial charge in [-0.2, -0.15) is 0 Å². The first-order chi connectivity index (χ1) is 5.89. The van der Waals surface area contributed by atoms with E-state index in [2.05, 4.69) is 5.32 Å². The molecule has 0 heterocycles. The number of nitrogens with one attached hydrogen (secondary N) is 1. The first-order valence-electron chi connectivity index (χ1n) is 5.03. The molecule has 1 aliphatic rings. The molecule has 0 aromatic rings. The van der Waals surface area contributed by atoms with E-state index in [0.29, 0.717) is 5.92 Å². The molecule has 1 unspecified atom stereocenters. The summed E-state index contributed by atoms with van der Waals surface area (Å²) < 4.78 is 0. The van der Waals surface area contributed by atoms with Crippen LogP contribution in [0.2, 0.25) is 0 Å². The highest BCUT2D eigenvalue weighted by atomic mass is 16.3. The molecule has 0 aromatic heterocycles. The van der Waals surface area contributed by atoms with E-state index < -0.39 is 5.60 Å². The molecular weight excluding hydrogens is 166 g/mol. The van der Waals surface area contributed by atoms with Crippen LogP contribution in [-0.4, -0.2) is 34.5 Å². The van der Waals surface area contributed by atoms with Crippen molar-refractivity contribution in [1.29, 1.82) is 0 Å². The Labute approximate surface area is 80.2 Å². The van der Waals surface area contributed by atoms with Gasteiger partial charge >= 0.3 is 0 Å². The number of aliphatic hydroxyl groups is 2. The number of hydrogen-bond acceptors (Lipinski definition) is 3. The van der Waals surface area contributed by atoms with E-state index >= 15 is 0 Å². The number of aliphatic hydroxyl groups excluding tert-OH is 1. The van der Waals surface area contributed by atoms with Gasteiger partial charge in [0.05, 0.1) is 11.7 Å². The monoisotopic (exact) mass is 187 g/mol.